The van der Waals surface area contributed by atoms with Crippen molar-refractivity contribution in [3.05, 3.63) is 40.5 Å². The first-order valence-corrected chi connectivity index (χ1v) is 7.58. The highest BCUT2D eigenvalue weighted by atomic mass is 32.1. The van der Waals surface area contributed by atoms with Gasteiger partial charge < -0.3 is 13.9 Å². The number of carbonyl (C=O) groups is 2. The molecule has 0 aromatic carbocycles. The summed E-state index contributed by atoms with van der Waals surface area (Å²) in [6.07, 6.45) is 4.74. The largest absolute Gasteiger partial charge is 0.459 e. The van der Waals surface area contributed by atoms with E-state index in [2.05, 4.69) is 4.99 Å². The van der Waals surface area contributed by atoms with E-state index in [9.17, 15) is 9.59 Å². The predicted molar refractivity (Wildman–Crippen MR) is 76.6 cm³/mol. The Morgan fingerprint density at radius 1 is 1.48 bits per heavy atom. The average molecular weight is 305 g/mol. The quantitative estimate of drug-likeness (QED) is 0.842. The van der Waals surface area contributed by atoms with Gasteiger partial charge in [0.15, 0.2) is 10.6 Å². The number of hydrogen-bond donors (Lipinski definition) is 0. The molecule has 7 heteroatoms. The molecule has 1 atom stereocenters. The summed E-state index contributed by atoms with van der Waals surface area (Å²) in [7, 11) is 1.84. The van der Waals surface area contributed by atoms with Crippen molar-refractivity contribution in [1.82, 2.24) is 9.47 Å². The fourth-order valence-corrected chi connectivity index (χ4v) is 3.15. The molecule has 1 aliphatic heterocycles. The molecule has 1 fully saturated rings. The summed E-state index contributed by atoms with van der Waals surface area (Å²) >= 11 is 1.40. The monoisotopic (exact) mass is 305 g/mol. The number of thiazole rings is 1. The molecule has 0 radical (unpaired) electrons. The van der Waals surface area contributed by atoms with Gasteiger partial charge in [-0.2, -0.15) is 4.99 Å². The molecule has 3 rings (SSSR count). The third-order valence-electron chi connectivity index (χ3n) is 3.50. The van der Waals surface area contributed by atoms with Crippen molar-refractivity contribution in [1.29, 1.82) is 0 Å². The van der Waals surface area contributed by atoms with Crippen molar-refractivity contribution in [2.75, 3.05) is 6.54 Å². The van der Waals surface area contributed by atoms with Gasteiger partial charge in [-0.15, -0.1) is 11.3 Å². The number of rotatable bonds is 2. The lowest BCUT2D eigenvalue weighted by molar-refractivity contribution is -0.121. The van der Waals surface area contributed by atoms with Crippen molar-refractivity contribution in [2.45, 2.75) is 18.9 Å². The van der Waals surface area contributed by atoms with E-state index in [1.54, 1.807) is 21.6 Å². The Hall–Kier alpha value is -2.15. The number of likely N-dealkylation sites (tertiary alicyclic amines) is 1. The molecular formula is C14H15N3O3S. The third kappa shape index (κ3) is 2.69. The van der Waals surface area contributed by atoms with Gasteiger partial charge in [-0.05, 0) is 25.0 Å². The van der Waals surface area contributed by atoms with Crippen LogP contribution in [0.5, 0.6) is 0 Å². The fraction of sp³-hybridized carbons (Fsp3) is 0.357. The Morgan fingerprint density at radius 3 is 3.00 bits per heavy atom. The molecule has 2 aromatic heterocycles. The summed E-state index contributed by atoms with van der Waals surface area (Å²) in [4.78, 5) is 31.0. The van der Waals surface area contributed by atoms with Crippen molar-refractivity contribution in [3.8, 4) is 0 Å². The van der Waals surface area contributed by atoms with Gasteiger partial charge in [0.25, 0.3) is 11.8 Å². The van der Waals surface area contributed by atoms with Crippen LogP contribution in [0.3, 0.4) is 0 Å². The van der Waals surface area contributed by atoms with Crippen LogP contribution in [0.4, 0.5) is 0 Å². The van der Waals surface area contributed by atoms with E-state index in [4.69, 9.17) is 4.42 Å². The molecule has 6 nitrogen and oxygen atoms in total. The molecule has 0 aliphatic carbocycles. The molecule has 2 amide bonds. The van der Waals surface area contributed by atoms with Crippen molar-refractivity contribution in [3.63, 3.8) is 0 Å². The second-order valence-corrected chi connectivity index (χ2v) is 5.75. The summed E-state index contributed by atoms with van der Waals surface area (Å²) in [5.74, 6) is -0.261. The van der Waals surface area contributed by atoms with Gasteiger partial charge in [-0.25, -0.2) is 0 Å². The SMILES string of the molecule is Cn1ccsc1=NC(=O)C1CCCN1C(=O)c1ccco1. The predicted octanol–water partition coefficient (Wildman–Crippen LogP) is 1.41. The lowest BCUT2D eigenvalue weighted by Crippen LogP contribution is -2.40. The first-order valence-electron chi connectivity index (χ1n) is 6.70. The van der Waals surface area contributed by atoms with Crippen LogP contribution in [0, 0.1) is 0 Å². The lowest BCUT2D eigenvalue weighted by atomic mass is 10.2. The number of amides is 2. The topological polar surface area (TPSA) is 67.8 Å². The maximum absolute atomic E-state index is 12.4. The van der Waals surface area contributed by atoms with Gasteiger partial charge in [0, 0.05) is 25.2 Å². The molecular weight excluding hydrogens is 290 g/mol. The molecule has 1 aliphatic rings. The Labute approximate surface area is 125 Å². The first-order chi connectivity index (χ1) is 10.2. The summed E-state index contributed by atoms with van der Waals surface area (Å²) < 4.78 is 6.91. The lowest BCUT2D eigenvalue weighted by Gasteiger charge is -2.20. The van der Waals surface area contributed by atoms with Crippen LogP contribution in [0.15, 0.2) is 39.4 Å². The van der Waals surface area contributed by atoms with Crippen LogP contribution in [0.25, 0.3) is 0 Å². The van der Waals surface area contributed by atoms with Crippen LogP contribution in [-0.2, 0) is 11.8 Å². The zero-order valence-corrected chi connectivity index (χ0v) is 12.4. The Bertz CT molecular complexity index is 714. The number of aryl methyl sites for hydroxylation is 1. The molecule has 1 unspecified atom stereocenters. The van der Waals surface area contributed by atoms with Gasteiger partial charge >= 0.3 is 0 Å². The molecule has 110 valence electrons. The average Bonchev–Trinajstić information content (AvgIpc) is 3.19. The molecule has 0 bridgehead atoms. The molecule has 0 N–H and O–H groups in total. The van der Waals surface area contributed by atoms with E-state index in [0.29, 0.717) is 17.8 Å². The third-order valence-corrected chi connectivity index (χ3v) is 4.34. The van der Waals surface area contributed by atoms with Crippen LogP contribution in [0.1, 0.15) is 23.4 Å². The van der Waals surface area contributed by atoms with Gasteiger partial charge in [0.1, 0.15) is 6.04 Å². The van der Waals surface area contributed by atoms with Crippen molar-refractivity contribution in [2.24, 2.45) is 12.0 Å². The molecule has 2 aromatic rings. The van der Waals surface area contributed by atoms with Gasteiger partial charge in [0.2, 0.25) is 0 Å². The summed E-state index contributed by atoms with van der Waals surface area (Å²) in [5, 5.41) is 1.87. The molecule has 0 saturated carbocycles. The maximum atomic E-state index is 12.4. The van der Waals surface area contributed by atoms with Gasteiger partial charge in [-0.1, -0.05) is 0 Å². The summed E-state index contributed by atoms with van der Waals surface area (Å²) in [6.45, 7) is 0.558. The number of hydrogen-bond acceptors (Lipinski definition) is 4. The molecule has 0 spiro atoms. The zero-order chi connectivity index (χ0) is 14.8. The number of nitrogens with zero attached hydrogens (tertiary/aromatic N) is 3. The standard InChI is InChI=1S/C14H15N3O3S/c1-16-7-9-21-14(16)15-12(18)10-4-2-6-17(10)13(19)11-5-3-8-20-11/h3,5,7-10H,2,4,6H2,1H3. The van der Waals surface area contributed by atoms with E-state index in [1.807, 2.05) is 18.6 Å². The van der Waals surface area contributed by atoms with E-state index in [-0.39, 0.29) is 17.6 Å². The van der Waals surface area contributed by atoms with Crippen molar-refractivity contribution >= 4 is 23.2 Å². The highest BCUT2D eigenvalue weighted by molar-refractivity contribution is 7.07. The van der Waals surface area contributed by atoms with Gasteiger partial charge in [0.05, 0.1) is 6.26 Å². The fourth-order valence-electron chi connectivity index (χ4n) is 2.41. The van der Waals surface area contributed by atoms with Crippen LogP contribution < -0.4 is 4.80 Å². The molecule has 3 heterocycles. The first kappa shape index (κ1) is 13.8. The molecule has 21 heavy (non-hydrogen) atoms. The minimum atomic E-state index is -0.496. The highest BCUT2D eigenvalue weighted by Gasteiger charge is 2.35. The second-order valence-electron chi connectivity index (χ2n) is 4.88. The Balaban J connectivity index is 1.83. The normalized spacial score (nSPS) is 19.2. The van der Waals surface area contributed by atoms with Crippen LogP contribution in [-0.4, -0.2) is 33.9 Å². The smallest absolute Gasteiger partial charge is 0.290 e. The highest BCUT2D eigenvalue weighted by Crippen LogP contribution is 2.21. The number of aromatic nitrogens is 1. The van der Waals surface area contributed by atoms with Crippen LogP contribution in [0.2, 0.25) is 0 Å². The maximum Gasteiger partial charge on any atom is 0.290 e. The van der Waals surface area contributed by atoms with Crippen LogP contribution >= 0.6 is 11.3 Å². The van der Waals surface area contributed by atoms with E-state index in [0.717, 1.165) is 6.42 Å². The molecule has 1 saturated heterocycles. The second kappa shape index (κ2) is 5.69. The van der Waals surface area contributed by atoms with E-state index in [1.165, 1.54) is 17.6 Å². The van der Waals surface area contributed by atoms with Gasteiger partial charge in [-0.3, -0.25) is 9.59 Å². The number of carbonyl (C=O) groups excluding carboxylic acids is 2. The minimum Gasteiger partial charge on any atom is -0.459 e. The zero-order valence-electron chi connectivity index (χ0n) is 11.6. The minimum absolute atomic E-state index is 0.249. The summed E-state index contributed by atoms with van der Waals surface area (Å²) in [5.41, 5.74) is 0. The Kier molecular flexibility index (Phi) is 3.74. The Morgan fingerprint density at radius 2 is 2.33 bits per heavy atom. The number of furan rings is 1. The van der Waals surface area contributed by atoms with E-state index >= 15 is 0 Å². The van der Waals surface area contributed by atoms with E-state index < -0.39 is 6.04 Å². The van der Waals surface area contributed by atoms with Crippen molar-refractivity contribution < 1.29 is 14.0 Å². The summed E-state index contributed by atoms with van der Waals surface area (Å²) in [6, 6.07) is 2.78.